The zero-order valence-electron chi connectivity index (χ0n) is 14.3. The first kappa shape index (κ1) is 17.8. The molecule has 0 aromatic carbocycles. The number of carbonyl (C=O) groups is 3. The molecule has 2 aliphatic heterocycles. The molecule has 2 fully saturated rings. The number of amides is 3. The van der Waals surface area contributed by atoms with E-state index >= 15 is 0 Å². The predicted molar refractivity (Wildman–Crippen MR) is 87.6 cm³/mol. The molecule has 2 heterocycles. The average Bonchev–Trinajstić information content (AvgIpc) is 2.55. The average molecular weight is 323 g/mol. The van der Waals surface area contributed by atoms with Crippen LogP contribution in [0.2, 0.25) is 0 Å². The molecule has 3 amide bonds. The Morgan fingerprint density at radius 1 is 0.957 bits per heavy atom. The minimum atomic E-state index is 0.0188. The first-order valence-corrected chi connectivity index (χ1v) is 8.85. The highest BCUT2D eigenvalue weighted by atomic mass is 16.2. The van der Waals surface area contributed by atoms with Crippen LogP contribution in [0.5, 0.6) is 0 Å². The summed E-state index contributed by atoms with van der Waals surface area (Å²) in [6.07, 6.45) is 4.68. The van der Waals surface area contributed by atoms with Gasteiger partial charge in [-0.3, -0.25) is 14.4 Å². The number of nitrogens with one attached hydrogen (secondary N) is 1. The van der Waals surface area contributed by atoms with Gasteiger partial charge in [0.05, 0.1) is 0 Å². The molecular formula is C17H29N3O3. The molecule has 6 nitrogen and oxygen atoms in total. The maximum absolute atomic E-state index is 12.4. The molecule has 0 aromatic heterocycles. The molecule has 0 aliphatic carbocycles. The maximum Gasteiger partial charge on any atom is 0.223 e. The second kappa shape index (κ2) is 8.31. The van der Waals surface area contributed by atoms with Gasteiger partial charge in [-0.1, -0.05) is 6.92 Å². The summed E-state index contributed by atoms with van der Waals surface area (Å²) in [6.45, 7) is 6.43. The van der Waals surface area contributed by atoms with Crippen LogP contribution in [0.1, 0.15) is 52.4 Å². The zero-order chi connectivity index (χ0) is 16.8. The lowest BCUT2D eigenvalue weighted by Gasteiger charge is -2.35. The predicted octanol–water partition coefficient (Wildman–Crippen LogP) is 1.15. The van der Waals surface area contributed by atoms with Crippen molar-refractivity contribution in [1.82, 2.24) is 15.1 Å². The molecule has 0 aromatic rings. The molecule has 2 rings (SSSR count). The van der Waals surface area contributed by atoms with E-state index in [1.54, 1.807) is 6.92 Å². The van der Waals surface area contributed by atoms with E-state index < -0.39 is 0 Å². The molecule has 2 aliphatic rings. The van der Waals surface area contributed by atoms with Gasteiger partial charge in [0.25, 0.3) is 0 Å². The topological polar surface area (TPSA) is 69.7 Å². The molecule has 2 saturated heterocycles. The largest absolute Gasteiger partial charge is 0.353 e. The van der Waals surface area contributed by atoms with Crippen molar-refractivity contribution >= 4 is 17.7 Å². The van der Waals surface area contributed by atoms with Gasteiger partial charge < -0.3 is 15.1 Å². The Labute approximate surface area is 138 Å². The van der Waals surface area contributed by atoms with Crippen LogP contribution in [-0.4, -0.2) is 59.7 Å². The monoisotopic (exact) mass is 323 g/mol. The van der Waals surface area contributed by atoms with E-state index in [1.807, 2.05) is 16.7 Å². The minimum Gasteiger partial charge on any atom is -0.353 e. The molecule has 130 valence electrons. The molecule has 0 saturated carbocycles. The lowest BCUT2D eigenvalue weighted by atomic mass is 9.94. The third-order valence-electron chi connectivity index (χ3n) is 4.97. The molecule has 0 radical (unpaired) electrons. The second-order valence-electron chi connectivity index (χ2n) is 6.69. The van der Waals surface area contributed by atoms with E-state index in [1.165, 1.54) is 0 Å². The van der Waals surface area contributed by atoms with Crippen LogP contribution in [0.3, 0.4) is 0 Å². The zero-order valence-corrected chi connectivity index (χ0v) is 14.3. The van der Waals surface area contributed by atoms with Crippen LogP contribution >= 0.6 is 0 Å². The summed E-state index contributed by atoms with van der Waals surface area (Å²) in [6, 6.07) is 0.180. The van der Waals surface area contributed by atoms with E-state index in [-0.39, 0.29) is 29.7 Å². The van der Waals surface area contributed by atoms with Crippen molar-refractivity contribution in [3.63, 3.8) is 0 Å². The van der Waals surface area contributed by atoms with Crippen LogP contribution in [0.4, 0.5) is 0 Å². The summed E-state index contributed by atoms with van der Waals surface area (Å²) in [5, 5.41) is 3.14. The van der Waals surface area contributed by atoms with E-state index in [9.17, 15) is 14.4 Å². The number of hydrogen-bond acceptors (Lipinski definition) is 3. The maximum atomic E-state index is 12.4. The fourth-order valence-electron chi connectivity index (χ4n) is 3.42. The van der Waals surface area contributed by atoms with Crippen molar-refractivity contribution in [3.05, 3.63) is 0 Å². The van der Waals surface area contributed by atoms with Gasteiger partial charge >= 0.3 is 0 Å². The lowest BCUT2D eigenvalue weighted by Crippen LogP contribution is -2.49. The molecule has 23 heavy (non-hydrogen) atoms. The van der Waals surface area contributed by atoms with Gasteiger partial charge in [0.2, 0.25) is 17.7 Å². The number of hydrogen-bond donors (Lipinski definition) is 1. The summed E-state index contributed by atoms with van der Waals surface area (Å²) in [4.78, 5) is 39.3. The first-order chi connectivity index (χ1) is 11.0. The fourth-order valence-corrected chi connectivity index (χ4v) is 3.42. The molecule has 0 atom stereocenters. The molecular weight excluding hydrogens is 294 g/mol. The van der Waals surface area contributed by atoms with Crippen LogP contribution in [-0.2, 0) is 14.4 Å². The van der Waals surface area contributed by atoms with Crippen LogP contribution < -0.4 is 5.32 Å². The van der Waals surface area contributed by atoms with Gasteiger partial charge in [0.1, 0.15) is 0 Å². The molecule has 0 bridgehead atoms. The summed E-state index contributed by atoms with van der Waals surface area (Å²) in [5.41, 5.74) is 0. The van der Waals surface area contributed by atoms with Crippen molar-refractivity contribution < 1.29 is 14.4 Å². The summed E-state index contributed by atoms with van der Waals surface area (Å²) in [7, 11) is 0. The van der Waals surface area contributed by atoms with E-state index in [0.29, 0.717) is 19.5 Å². The molecule has 1 N–H and O–H groups in total. The van der Waals surface area contributed by atoms with E-state index in [4.69, 9.17) is 0 Å². The van der Waals surface area contributed by atoms with Gasteiger partial charge in [0.15, 0.2) is 0 Å². The third-order valence-corrected chi connectivity index (χ3v) is 4.97. The standard InChI is InChI=1S/C17H29N3O3/c1-3-4-16(22)20-11-7-15(8-12-20)18-17(23)14-5-9-19(10-6-14)13(2)21/h14-15H,3-12H2,1-2H3,(H,18,23). The van der Waals surface area contributed by atoms with Gasteiger partial charge in [-0.15, -0.1) is 0 Å². The Morgan fingerprint density at radius 2 is 1.52 bits per heavy atom. The van der Waals surface area contributed by atoms with Crippen LogP contribution in [0, 0.1) is 5.92 Å². The highest BCUT2D eigenvalue weighted by Gasteiger charge is 2.29. The van der Waals surface area contributed by atoms with Crippen LogP contribution in [0.15, 0.2) is 0 Å². The van der Waals surface area contributed by atoms with Crippen molar-refractivity contribution in [3.8, 4) is 0 Å². The Bertz CT molecular complexity index is 436. The molecule has 6 heteroatoms. The van der Waals surface area contributed by atoms with Crippen molar-refractivity contribution in [2.75, 3.05) is 26.2 Å². The van der Waals surface area contributed by atoms with Gasteiger partial charge in [0, 0.05) is 51.5 Å². The number of nitrogens with zero attached hydrogens (tertiary/aromatic N) is 2. The Hall–Kier alpha value is -1.59. The Kier molecular flexibility index (Phi) is 6.42. The number of likely N-dealkylation sites (tertiary alicyclic amines) is 2. The van der Waals surface area contributed by atoms with Gasteiger partial charge in [-0.2, -0.15) is 0 Å². The Balaban J connectivity index is 1.71. The summed E-state index contributed by atoms with van der Waals surface area (Å²) < 4.78 is 0. The smallest absolute Gasteiger partial charge is 0.223 e. The first-order valence-electron chi connectivity index (χ1n) is 8.85. The Morgan fingerprint density at radius 3 is 2.04 bits per heavy atom. The highest BCUT2D eigenvalue weighted by Crippen LogP contribution is 2.19. The van der Waals surface area contributed by atoms with Crippen molar-refractivity contribution in [2.24, 2.45) is 5.92 Å². The fraction of sp³-hybridized carbons (Fsp3) is 0.824. The van der Waals surface area contributed by atoms with Crippen molar-refractivity contribution in [2.45, 2.75) is 58.4 Å². The number of piperidine rings is 2. The van der Waals surface area contributed by atoms with E-state index in [0.717, 1.165) is 45.2 Å². The minimum absolute atomic E-state index is 0.0188. The van der Waals surface area contributed by atoms with E-state index in [2.05, 4.69) is 5.32 Å². The molecule has 0 spiro atoms. The number of carbonyl (C=O) groups excluding carboxylic acids is 3. The molecule has 0 unspecified atom stereocenters. The number of rotatable bonds is 4. The lowest BCUT2D eigenvalue weighted by molar-refractivity contribution is -0.135. The summed E-state index contributed by atoms with van der Waals surface area (Å²) in [5.74, 6) is 0.457. The normalized spacial score (nSPS) is 20.4. The van der Waals surface area contributed by atoms with Gasteiger partial charge in [-0.05, 0) is 32.1 Å². The van der Waals surface area contributed by atoms with Gasteiger partial charge in [-0.25, -0.2) is 0 Å². The SMILES string of the molecule is CCCC(=O)N1CCC(NC(=O)C2CCN(C(C)=O)CC2)CC1. The highest BCUT2D eigenvalue weighted by molar-refractivity contribution is 5.80. The summed E-state index contributed by atoms with van der Waals surface area (Å²) >= 11 is 0. The third kappa shape index (κ3) is 4.94. The van der Waals surface area contributed by atoms with Crippen molar-refractivity contribution in [1.29, 1.82) is 0 Å². The van der Waals surface area contributed by atoms with Crippen LogP contribution in [0.25, 0.3) is 0 Å². The second-order valence-corrected chi connectivity index (χ2v) is 6.69. The quantitative estimate of drug-likeness (QED) is 0.844.